The van der Waals surface area contributed by atoms with Gasteiger partial charge in [-0.05, 0) is 29.8 Å². The summed E-state index contributed by atoms with van der Waals surface area (Å²) in [5.41, 5.74) is 0.371. The smallest absolute Gasteiger partial charge is 0.238 e. The first kappa shape index (κ1) is 16.3. The highest BCUT2D eigenvalue weighted by molar-refractivity contribution is 8.04. The molecule has 0 fully saturated rings. The molecule has 0 saturated heterocycles. The van der Waals surface area contributed by atoms with E-state index in [0.29, 0.717) is 10.5 Å². The molecule has 0 N–H and O–H groups in total. The number of ketones is 2. The molecule has 4 nitrogen and oxygen atoms in total. The van der Waals surface area contributed by atoms with Gasteiger partial charge in [0.2, 0.25) is 23.1 Å². The van der Waals surface area contributed by atoms with Crippen molar-refractivity contribution in [1.29, 1.82) is 0 Å². The van der Waals surface area contributed by atoms with Crippen molar-refractivity contribution >= 4 is 34.1 Å². The molecular formula is C19H16O4S. The number of methoxy groups -OCH3 is 2. The van der Waals surface area contributed by atoms with E-state index in [1.165, 1.54) is 26.0 Å². The molecule has 2 aromatic rings. The summed E-state index contributed by atoms with van der Waals surface area (Å²) < 4.78 is 10.1. The van der Waals surface area contributed by atoms with Crippen LogP contribution in [0.5, 0.6) is 0 Å². The van der Waals surface area contributed by atoms with Gasteiger partial charge < -0.3 is 9.47 Å². The highest BCUT2D eigenvalue weighted by Crippen LogP contribution is 2.37. The summed E-state index contributed by atoms with van der Waals surface area (Å²) >= 11 is 1.27. The number of thioether (sulfide) groups is 1. The van der Waals surface area contributed by atoms with Gasteiger partial charge in [-0.3, -0.25) is 9.59 Å². The van der Waals surface area contributed by atoms with E-state index in [4.69, 9.17) is 9.47 Å². The van der Waals surface area contributed by atoms with Crippen LogP contribution in [-0.4, -0.2) is 25.8 Å². The Morgan fingerprint density at radius 3 is 2.12 bits per heavy atom. The summed E-state index contributed by atoms with van der Waals surface area (Å²) in [7, 11) is 2.72. The zero-order valence-corrected chi connectivity index (χ0v) is 14.4. The fourth-order valence-corrected chi connectivity index (χ4v) is 3.58. The molecule has 0 amide bonds. The lowest BCUT2D eigenvalue weighted by molar-refractivity contribution is -0.120. The second-order valence-corrected chi connectivity index (χ2v) is 6.37. The lowest BCUT2D eigenvalue weighted by Gasteiger charge is -2.19. The van der Waals surface area contributed by atoms with E-state index in [0.717, 1.165) is 15.7 Å². The van der Waals surface area contributed by atoms with Gasteiger partial charge >= 0.3 is 0 Å². The van der Waals surface area contributed by atoms with Crippen LogP contribution in [0.2, 0.25) is 0 Å². The Morgan fingerprint density at radius 1 is 0.833 bits per heavy atom. The van der Waals surface area contributed by atoms with Crippen LogP contribution in [0.15, 0.2) is 69.4 Å². The predicted octanol–water partition coefficient (Wildman–Crippen LogP) is 3.86. The van der Waals surface area contributed by atoms with E-state index in [-0.39, 0.29) is 23.1 Å². The van der Waals surface area contributed by atoms with Gasteiger partial charge in [-0.1, -0.05) is 42.1 Å². The quantitative estimate of drug-likeness (QED) is 0.791. The summed E-state index contributed by atoms with van der Waals surface area (Å²) in [4.78, 5) is 26.3. The molecule has 3 rings (SSSR count). The Kier molecular flexibility index (Phi) is 4.44. The van der Waals surface area contributed by atoms with Crippen LogP contribution in [0, 0.1) is 0 Å². The molecule has 0 atom stereocenters. The monoisotopic (exact) mass is 340 g/mol. The maximum atomic E-state index is 12.7. The van der Waals surface area contributed by atoms with E-state index in [1.54, 1.807) is 6.92 Å². The number of fused-ring (bicyclic) bond motifs is 1. The molecule has 1 aliphatic rings. The molecule has 0 spiro atoms. The van der Waals surface area contributed by atoms with Crippen LogP contribution in [0.1, 0.15) is 6.92 Å². The average molecular weight is 340 g/mol. The lowest BCUT2D eigenvalue weighted by atomic mass is 10.0. The van der Waals surface area contributed by atoms with Gasteiger partial charge in [0.25, 0.3) is 0 Å². The van der Waals surface area contributed by atoms with Crippen molar-refractivity contribution in [2.24, 2.45) is 0 Å². The number of hydrogen-bond donors (Lipinski definition) is 0. The zero-order chi connectivity index (χ0) is 17.3. The molecule has 0 heterocycles. The van der Waals surface area contributed by atoms with E-state index in [1.807, 2.05) is 42.5 Å². The van der Waals surface area contributed by atoms with E-state index in [9.17, 15) is 9.59 Å². The second kappa shape index (κ2) is 6.53. The minimum Gasteiger partial charge on any atom is -0.489 e. The molecule has 0 radical (unpaired) electrons. The van der Waals surface area contributed by atoms with Gasteiger partial charge in [0.05, 0.1) is 19.1 Å². The third kappa shape index (κ3) is 2.71. The topological polar surface area (TPSA) is 52.6 Å². The minimum absolute atomic E-state index is 0.0390. The summed E-state index contributed by atoms with van der Waals surface area (Å²) in [6.45, 7) is 1.63. The molecule has 0 saturated carbocycles. The van der Waals surface area contributed by atoms with Crippen molar-refractivity contribution in [2.75, 3.05) is 14.2 Å². The van der Waals surface area contributed by atoms with Crippen molar-refractivity contribution in [3.63, 3.8) is 0 Å². The molecule has 2 aromatic carbocycles. The van der Waals surface area contributed by atoms with Crippen molar-refractivity contribution in [1.82, 2.24) is 0 Å². The van der Waals surface area contributed by atoms with Gasteiger partial charge in [-0.15, -0.1) is 0 Å². The maximum Gasteiger partial charge on any atom is 0.238 e. The third-order valence-electron chi connectivity index (χ3n) is 3.86. The maximum absolute atomic E-state index is 12.7. The van der Waals surface area contributed by atoms with Crippen LogP contribution in [0.25, 0.3) is 10.8 Å². The van der Waals surface area contributed by atoms with Crippen molar-refractivity contribution < 1.29 is 19.1 Å². The number of hydrogen-bond acceptors (Lipinski definition) is 5. The van der Waals surface area contributed by atoms with Crippen molar-refractivity contribution in [2.45, 2.75) is 11.8 Å². The number of Topliss-reactive ketones (excluding diaryl/α,β-unsaturated/α-hetero) is 2. The van der Waals surface area contributed by atoms with Crippen LogP contribution < -0.4 is 0 Å². The first-order chi connectivity index (χ1) is 11.6. The van der Waals surface area contributed by atoms with E-state index in [2.05, 4.69) is 0 Å². The van der Waals surface area contributed by atoms with Gasteiger partial charge in [0.15, 0.2) is 0 Å². The number of allylic oxidation sites excluding steroid dienone is 2. The number of carbonyl (C=O) groups is 2. The van der Waals surface area contributed by atoms with Crippen molar-refractivity contribution in [3.05, 3.63) is 64.5 Å². The molecular weight excluding hydrogens is 324 g/mol. The summed E-state index contributed by atoms with van der Waals surface area (Å²) in [6, 6.07) is 13.9. The predicted molar refractivity (Wildman–Crippen MR) is 93.6 cm³/mol. The lowest BCUT2D eigenvalue weighted by Crippen LogP contribution is -2.23. The summed E-state index contributed by atoms with van der Waals surface area (Å²) in [6.07, 6.45) is 0. The second-order valence-electron chi connectivity index (χ2n) is 5.29. The highest BCUT2D eigenvalue weighted by Gasteiger charge is 2.35. The van der Waals surface area contributed by atoms with Gasteiger partial charge in [-0.2, -0.15) is 0 Å². The first-order valence-electron chi connectivity index (χ1n) is 7.36. The van der Waals surface area contributed by atoms with E-state index < -0.39 is 0 Å². The fraction of sp³-hybridized carbons (Fsp3) is 0.158. The summed E-state index contributed by atoms with van der Waals surface area (Å²) in [5, 5.41) is 2.20. The number of benzene rings is 2. The van der Waals surface area contributed by atoms with Gasteiger partial charge in [-0.25, -0.2) is 0 Å². The number of rotatable bonds is 4. The van der Waals surface area contributed by atoms with Gasteiger partial charge in [0.1, 0.15) is 0 Å². The first-order valence-corrected chi connectivity index (χ1v) is 8.17. The van der Waals surface area contributed by atoms with Gasteiger partial charge in [0, 0.05) is 10.5 Å². The average Bonchev–Trinajstić information content (AvgIpc) is 2.61. The minimum atomic E-state index is -0.329. The fourth-order valence-electron chi connectivity index (χ4n) is 2.60. The molecule has 122 valence electrons. The van der Waals surface area contributed by atoms with Crippen LogP contribution in [-0.2, 0) is 19.1 Å². The Morgan fingerprint density at radius 2 is 1.46 bits per heavy atom. The van der Waals surface area contributed by atoms with Crippen LogP contribution >= 0.6 is 11.8 Å². The van der Waals surface area contributed by atoms with Crippen LogP contribution in [0.3, 0.4) is 0 Å². The molecule has 0 aliphatic heterocycles. The Balaban J connectivity index is 2.00. The number of ether oxygens (including phenoxy) is 2. The number of carbonyl (C=O) groups excluding carboxylic acids is 2. The normalized spacial score (nSPS) is 15.3. The zero-order valence-electron chi connectivity index (χ0n) is 13.6. The van der Waals surface area contributed by atoms with Crippen LogP contribution in [0.4, 0.5) is 0 Å². The molecule has 5 heteroatoms. The third-order valence-corrected chi connectivity index (χ3v) is 5.04. The summed E-state index contributed by atoms with van der Waals surface area (Å²) in [5.74, 6) is -0.735. The molecule has 24 heavy (non-hydrogen) atoms. The molecule has 1 aliphatic carbocycles. The largest absolute Gasteiger partial charge is 0.489 e. The van der Waals surface area contributed by atoms with Crippen molar-refractivity contribution in [3.8, 4) is 0 Å². The Labute approximate surface area is 144 Å². The molecule has 0 aromatic heterocycles. The van der Waals surface area contributed by atoms with E-state index >= 15 is 0 Å². The highest BCUT2D eigenvalue weighted by atomic mass is 32.2. The Bertz CT molecular complexity index is 908. The molecule has 0 bridgehead atoms. The molecule has 0 unspecified atom stereocenters. The standard InChI is InChI=1S/C19H16O4S/c1-11-15(20)17(22-2)18(23-3)16(21)19(11)24-14-9-8-12-6-4-5-7-13(12)10-14/h4-10H,1-3H3. The Hall–Kier alpha value is -2.53. The SMILES string of the molecule is COC1=C(OC)C(=O)C(Sc2ccc3ccccc3c2)=C(C)C1=O.